The first kappa shape index (κ1) is 13.1. The highest BCUT2D eigenvalue weighted by Gasteiger charge is 2.22. The monoisotopic (exact) mass is 343 g/mol. The average molecular weight is 343 g/mol. The number of rotatable bonds is 3. The van der Waals surface area contributed by atoms with E-state index in [-0.39, 0.29) is 21.3 Å². The van der Waals surface area contributed by atoms with Crippen LogP contribution in [0.2, 0.25) is 0 Å². The number of ether oxygens (including phenoxy) is 1. The quantitative estimate of drug-likeness (QED) is 0.676. The van der Waals surface area contributed by atoms with Crippen LogP contribution in [0.1, 0.15) is 29.3 Å². The first-order valence-electron chi connectivity index (χ1n) is 4.35. The van der Waals surface area contributed by atoms with Crippen molar-refractivity contribution in [3.63, 3.8) is 0 Å². The largest absolute Gasteiger partial charge is 0.462 e. The maximum atomic E-state index is 12.5. The van der Waals surface area contributed by atoms with E-state index in [9.17, 15) is 18.4 Å². The van der Waals surface area contributed by atoms with Gasteiger partial charge in [0.25, 0.3) is 12.0 Å². The Kier molecular flexibility index (Phi) is 4.39. The molecule has 0 aliphatic heterocycles. The van der Waals surface area contributed by atoms with E-state index in [1.807, 2.05) is 0 Å². The van der Waals surface area contributed by atoms with Gasteiger partial charge < -0.3 is 9.72 Å². The van der Waals surface area contributed by atoms with Crippen molar-refractivity contribution in [1.29, 1.82) is 0 Å². The van der Waals surface area contributed by atoms with Gasteiger partial charge in [-0.2, -0.15) is 0 Å². The molecule has 0 radical (unpaired) electrons. The number of aromatic nitrogens is 1. The number of hydrogen-bond acceptors (Lipinski definition) is 3. The molecule has 4 nitrogen and oxygen atoms in total. The van der Waals surface area contributed by atoms with E-state index in [1.54, 1.807) is 6.92 Å². The van der Waals surface area contributed by atoms with Gasteiger partial charge in [0.2, 0.25) is 0 Å². The van der Waals surface area contributed by atoms with Crippen LogP contribution in [0.3, 0.4) is 0 Å². The van der Waals surface area contributed by atoms with Gasteiger partial charge in [-0.05, 0) is 29.5 Å². The second-order valence-corrected chi connectivity index (χ2v) is 3.86. The highest BCUT2D eigenvalue weighted by atomic mass is 127. The van der Waals surface area contributed by atoms with Crippen LogP contribution in [-0.4, -0.2) is 17.6 Å². The minimum absolute atomic E-state index is 0.0743. The number of nitrogens with one attached hydrogen (secondary N) is 1. The van der Waals surface area contributed by atoms with Gasteiger partial charge in [0.05, 0.1) is 6.61 Å². The smallest absolute Gasteiger partial charge is 0.344 e. The van der Waals surface area contributed by atoms with E-state index in [0.717, 1.165) is 6.20 Å². The van der Waals surface area contributed by atoms with Crippen LogP contribution < -0.4 is 5.56 Å². The van der Waals surface area contributed by atoms with E-state index >= 15 is 0 Å². The van der Waals surface area contributed by atoms with E-state index < -0.39 is 18.0 Å². The summed E-state index contributed by atoms with van der Waals surface area (Å²) in [5, 5.41) is 0. The molecule has 7 heteroatoms. The van der Waals surface area contributed by atoms with Crippen molar-refractivity contribution in [2.24, 2.45) is 0 Å². The van der Waals surface area contributed by atoms with Crippen molar-refractivity contribution in [1.82, 2.24) is 4.98 Å². The highest BCUT2D eigenvalue weighted by molar-refractivity contribution is 14.1. The van der Waals surface area contributed by atoms with Crippen LogP contribution in [-0.2, 0) is 4.74 Å². The van der Waals surface area contributed by atoms with Crippen LogP contribution in [0.15, 0.2) is 11.0 Å². The predicted molar refractivity (Wildman–Crippen MR) is 60.7 cm³/mol. The van der Waals surface area contributed by atoms with E-state index in [0.29, 0.717) is 0 Å². The number of carbonyl (C=O) groups excluding carboxylic acids is 1. The first-order valence-corrected chi connectivity index (χ1v) is 5.43. The molecule has 0 atom stereocenters. The second-order valence-electron chi connectivity index (χ2n) is 2.78. The molecule has 0 saturated carbocycles. The Hall–Kier alpha value is -0.990. The topological polar surface area (TPSA) is 59.2 Å². The molecule has 1 aromatic rings. The van der Waals surface area contributed by atoms with Crippen molar-refractivity contribution >= 4 is 28.6 Å². The number of pyridine rings is 1. The molecule has 0 amide bonds. The molecular formula is C9H8F2INO3. The summed E-state index contributed by atoms with van der Waals surface area (Å²) in [7, 11) is 0. The first-order chi connectivity index (χ1) is 7.49. The van der Waals surface area contributed by atoms with Gasteiger partial charge in [-0.25, -0.2) is 13.6 Å². The zero-order valence-electron chi connectivity index (χ0n) is 8.22. The standard InChI is InChI=1S/C9H8F2INO3/c1-2-16-9(15)5-6(12)4(7(10)11)3-13-8(5)14/h3,7H,2H2,1H3,(H,13,14). The van der Waals surface area contributed by atoms with Crippen LogP contribution >= 0.6 is 22.6 Å². The summed E-state index contributed by atoms with van der Waals surface area (Å²) in [6, 6.07) is 0. The summed E-state index contributed by atoms with van der Waals surface area (Å²) in [6.07, 6.45) is -1.85. The van der Waals surface area contributed by atoms with E-state index in [4.69, 9.17) is 0 Å². The molecular weight excluding hydrogens is 335 g/mol. The number of hydrogen-bond donors (Lipinski definition) is 1. The molecule has 1 heterocycles. The lowest BCUT2D eigenvalue weighted by molar-refractivity contribution is 0.0522. The molecule has 0 aromatic carbocycles. The minimum Gasteiger partial charge on any atom is -0.462 e. The highest BCUT2D eigenvalue weighted by Crippen LogP contribution is 2.24. The summed E-state index contributed by atoms with van der Waals surface area (Å²) in [4.78, 5) is 24.8. The molecule has 0 aliphatic rings. The van der Waals surface area contributed by atoms with Crippen molar-refractivity contribution in [3.8, 4) is 0 Å². The lowest BCUT2D eigenvalue weighted by Gasteiger charge is -2.07. The van der Waals surface area contributed by atoms with Gasteiger partial charge in [-0.3, -0.25) is 4.79 Å². The van der Waals surface area contributed by atoms with Crippen molar-refractivity contribution in [2.75, 3.05) is 6.61 Å². The third-order valence-corrected chi connectivity index (χ3v) is 2.94. The number of alkyl halides is 2. The fourth-order valence-electron chi connectivity index (χ4n) is 1.07. The minimum atomic E-state index is -2.75. The Morgan fingerprint density at radius 3 is 2.75 bits per heavy atom. The van der Waals surface area contributed by atoms with Gasteiger partial charge in [0, 0.05) is 15.3 Å². The molecule has 0 bridgehead atoms. The molecule has 16 heavy (non-hydrogen) atoms. The summed E-state index contributed by atoms with van der Waals surface area (Å²) in [5.74, 6) is -0.893. The molecule has 0 saturated heterocycles. The molecule has 88 valence electrons. The van der Waals surface area contributed by atoms with Crippen LogP contribution in [0.5, 0.6) is 0 Å². The normalized spacial score (nSPS) is 10.6. The number of halogens is 3. The maximum Gasteiger partial charge on any atom is 0.344 e. The average Bonchev–Trinajstić information content (AvgIpc) is 2.17. The third-order valence-electron chi connectivity index (χ3n) is 1.77. The SMILES string of the molecule is CCOC(=O)c1c(I)c(C(F)F)c[nH]c1=O. The van der Waals surface area contributed by atoms with Crippen LogP contribution in [0.25, 0.3) is 0 Å². The Labute approximate surface area is 103 Å². The molecule has 0 fully saturated rings. The molecule has 1 aromatic heterocycles. The third kappa shape index (κ3) is 2.57. The Morgan fingerprint density at radius 2 is 2.25 bits per heavy atom. The molecule has 0 aliphatic carbocycles. The Morgan fingerprint density at radius 1 is 1.62 bits per heavy atom. The number of H-pyrrole nitrogens is 1. The van der Waals surface area contributed by atoms with Gasteiger partial charge in [0.1, 0.15) is 5.56 Å². The van der Waals surface area contributed by atoms with Gasteiger partial charge in [0.15, 0.2) is 0 Å². The summed E-state index contributed by atoms with van der Waals surface area (Å²) < 4.78 is 29.6. The van der Waals surface area contributed by atoms with E-state index in [1.165, 1.54) is 22.6 Å². The van der Waals surface area contributed by atoms with Crippen LogP contribution in [0, 0.1) is 3.57 Å². The summed E-state index contributed by atoms with van der Waals surface area (Å²) in [6.45, 7) is 1.64. The zero-order chi connectivity index (χ0) is 12.3. The number of aromatic amines is 1. The molecule has 1 rings (SSSR count). The molecule has 0 spiro atoms. The Bertz CT molecular complexity index is 459. The van der Waals surface area contributed by atoms with Gasteiger partial charge in [-0.1, -0.05) is 0 Å². The fourth-order valence-corrected chi connectivity index (χ4v) is 1.92. The number of esters is 1. The lowest BCUT2D eigenvalue weighted by atomic mass is 10.2. The molecule has 0 unspecified atom stereocenters. The van der Waals surface area contributed by atoms with Crippen molar-refractivity contribution < 1.29 is 18.3 Å². The van der Waals surface area contributed by atoms with Crippen molar-refractivity contribution in [3.05, 3.63) is 31.2 Å². The van der Waals surface area contributed by atoms with Crippen molar-refractivity contribution in [2.45, 2.75) is 13.3 Å². The zero-order valence-corrected chi connectivity index (χ0v) is 10.4. The van der Waals surface area contributed by atoms with Crippen LogP contribution in [0.4, 0.5) is 8.78 Å². The fraction of sp³-hybridized carbons (Fsp3) is 0.333. The second kappa shape index (κ2) is 5.37. The predicted octanol–water partition coefficient (Wildman–Crippen LogP) is 2.09. The summed E-state index contributed by atoms with van der Waals surface area (Å²) in [5.41, 5.74) is -1.49. The van der Waals surface area contributed by atoms with Gasteiger partial charge >= 0.3 is 5.97 Å². The maximum absolute atomic E-state index is 12.5. The molecule has 1 N–H and O–H groups in total. The number of carbonyl (C=O) groups is 1. The van der Waals surface area contributed by atoms with E-state index in [2.05, 4.69) is 9.72 Å². The Balaban J connectivity index is 3.32. The van der Waals surface area contributed by atoms with Gasteiger partial charge in [-0.15, -0.1) is 0 Å². The summed E-state index contributed by atoms with van der Waals surface area (Å²) >= 11 is 1.54. The lowest BCUT2D eigenvalue weighted by Crippen LogP contribution is -2.22.